The van der Waals surface area contributed by atoms with Crippen LogP contribution in [0.5, 0.6) is 0 Å². The number of hydrogen-bond donors (Lipinski definition) is 1. The number of carbonyl (C=O) groups is 1. The Morgan fingerprint density at radius 2 is 2.14 bits per heavy atom. The highest BCUT2D eigenvalue weighted by molar-refractivity contribution is 5.84. The molecule has 1 aliphatic carbocycles. The van der Waals surface area contributed by atoms with Gasteiger partial charge in [-0.15, -0.1) is 0 Å². The summed E-state index contributed by atoms with van der Waals surface area (Å²) in [6, 6.07) is 2.01. The minimum Gasteiger partial charge on any atom is -0.465 e. The van der Waals surface area contributed by atoms with E-state index in [1.165, 1.54) is 6.42 Å². The molecule has 0 unspecified atom stereocenters. The highest BCUT2D eigenvalue weighted by Crippen LogP contribution is 2.39. The molecule has 112 valence electrons. The predicted octanol–water partition coefficient (Wildman–Crippen LogP) is 3.03. The Kier molecular flexibility index (Phi) is 3.66. The second kappa shape index (κ2) is 5.47. The molecule has 0 amide bonds. The summed E-state index contributed by atoms with van der Waals surface area (Å²) in [5, 5.41) is 0. The van der Waals surface area contributed by atoms with E-state index in [0.717, 1.165) is 36.8 Å². The molecular formula is C16H21N3O2. The van der Waals surface area contributed by atoms with Gasteiger partial charge in [-0.25, -0.2) is 9.97 Å². The van der Waals surface area contributed by atoms with Crippen molar-refractivity contribution in [2.24, 2.45) is 0 Å². The molecular weight excluding hydrogens is 266 g/mol. The average Bonchev–Trinajstić information content (AvgIpc) is 2.91. The molecule has 1 N–H and O–H groups in total. The maximum atomic E-state index is 12.6. The maximum Gasteiger partial charge on any atom is 0.319 e. The van der Waals surface area contributed by atoms with Gasteiger partial charge < -0.3 is 9.72 Å². The van der Waals surface area contributed by atoms with E-state index in [9.17, 15) is 4.79 Å². The van der Waals surface area contributed by atoms with E-state index in [2.05, 4.69) is 15.0 Å². The van der Waals surface area contributed by atoms with Crippen molar-refractivity contribution in [2.45, 2.75) is 51.4 Å². The number of nitrogens with one attached hydrogen (secondary N) is 1. The number of aromatic nitrogens is 3. The smallest absolute Gasteiger partial charge is 0.319 e. The third kappa shape index (κ3) is 2.41. The lowest BCUT2D eigenvalue weighted by atomic mass is 9.73. The number of hydrogen-bond acceptors (Lipinski definition) is 4. The number of imidazole rings is 1. The fourth-order valence-electron chi connectivity index (χ4n) is 3.19. The van der Waals surface area contributed by atoms with Gasteiger partial charge in [-0.05, 0) is 38.3 Å². The van der Waals surface area contributed by atoms with E-state index in [1.54, 1.807) is 6.20 Å². The second-order valence-corrected chi connectivity index (χ2v) is 5.83. The molecule has 0 aromatic carbocycles. The lowest BCUT2D eigenvalue weighted by Crippen LogP contribution is -2.40. The molecule has 1 fully saturated rings. The summed E-state index contributed by atoms with van der Waals surface area (Å²) < 4.78 is 5.34. The Morgan fingerprint density at radius 1 is 1.38 bits per heavy atom. The Hall–Kier alpha value is -1.91. The fraction of sp³-hybridized carbons (Fsp3) is 0.562. The minimum atomic E-state index is -0.622. The topological polar surface area (TPSA) is 67.9 Å². The summed E-state index contributed by atoms with van der Waals surface area (Å²) in [5.41, 5.74) is 2.01. The van der Waals surface area contributed by atoms with E-state index in [1.807, 2.05) is 19.9 Å². The van der Waals surface area contributed by atoms with Crippen LogP contribution < -0.4 is 0 Å². The van der Waals surface area contributed by atoms with Crippen molar-refractivity contribution in [1.29, 1.82) is 0 Å². The zero-order valence-electron chi connectivity index (χ0n) is 12.6. The van der Waals surface area contributed by atoms with Gasteiger partial charge in [0.2, 0.25) is 0 Å². The van der Waals surface area contributed by atoms with Crippen LogP contribution in [0.4, 0.5) is 0 Å². The van der Waals surface area contributed by atoms with E-state index in [4.69, 9.17) is 4.74 Å². The Bertz CT molecular complexity index is 657. The largest absolute Gasteiger partial charge is 0.465 e. The van der Waals surface area contributed by atoms with Gasteiger partial charge in [-0.3, -0.25) is 4.79 Å². The van der Waals surface area contributed by atoms with Crippen LogP contribution in [0.25, 0.3) is 11.2 Å². The molecule has 5 nitrogen and oxygen atoms in total. The number of fused-ring (bicyclic) bond motifs is 1. The van der Waals surface area contributed by atoms with Crippen molar-refractivity contribution in [1.82, 2.24) is 15.0 Å². The first kappa shape index (κ1) is 14.0. The van der Waals surface area contributed by atoms with Gasteiger partial charge in [0.15, 0.2) is 5.65 Å². The number of esters is 1. The van der Waals surface area contributed by atoms with Gasteiger partial charge in [-0.2, -0.15) is 0 Å². The lowest BCUT2D eigenvalue weighted by molar-refractivity contribution is -0.152. The van der Waals surface area contributed by atoms with Crippen molar-refractivity contribution < 1.29 is 9.53 Å². The van der Waals surface area contributed by atoms with Crippen LogP contribution in [-0.2, 0) is 14.9 Å². The van der Waals surface area contributed by atoms with Crippen LogP contribution in [0.3, 0.4) is 0 Å². The van der Waals surface area contributed by atoms with Gasteiger partial charge >= 0.3 is 5.97 Å². The summed E-state index contributed by atoms with van der Waals surface area (Å²) in [6.07, 6.45) is 6.61. The highest BCUT2D eigenvalue weighted by Gasteiger charge is 2.45. The first-order chi connectivity index (χ1) is 10.2. The molecule has 5 heteroatoms. The third-order valence-corrected chi connectivity index (χ3v) is 4.30. The zero-order valence-corrected chi connectivity index (χ0v) is 12.6. The number of pyridine rings is 1. The first-order valence-corrected chi connectivity index (χ1v) is 7.66. The number of ether oxygens (including phenoxy) is 1. The SMILES string of the molecule is CCOC(=O)C1(c2nc3ncc(C)cc3[nH]2)CCCCC1. The van der Waals surface area contributed by atoms with Crippen molar-refractivity contribution in [2.75, 3.05) is 6.61 Å². The van der Waals surface area contributed by atoms with E-state index in [0.29, 0.717) is 18.1 Å². The Labute approximate surface area is 124 Å². The molecule has 21 heavy (non-hydrogen) atoms. The third-order valence-electron chi connectivity index (χ3n) is 4.30. The van der Waals surface area contributed by atoms with E-state index in [-0.39, 0.29) is 5.97 Å². The predicted molar refractivity (Wildman–Crippen MR) is 80.0 cm³/mol. The lowest BCUT2D eigenvalue weighted by Gasteiger charge is -2.32. The number of aromatic amines is 1. The van der Waals surface area contributed by atoms with E-state index < -0.39 is 5.41 Å². The molecule has 1 aliphatic rings. The van der Waals surface area contributed by atoms with Crippen molar-refractivity contribution in [3.63, 3.8) is 0 Å². The van der Waals surface area contributed by atoms with Crippen LogP contribution >= 0.6 is 0 Å². The molecule has 0 bridgehead atoms. The quantitative estimate of drug-likeness (QED) is 0.881. The first-order valence-electron chi connectivity index (χ1n) is 7.66. The van der Waals surface area contributed by atoms with Crippen LogP contribution in [0.2, 0.25) is 0 Å². The molecule has 2 heterocycles. The van der Waals surface area contributed by atoms with Crippen molar-refractivity contribution in [3.8, 4) is 0 Å². The van der Waals surface area contributed by atoms with Gasteiger partial charge in [0.1, 0.15) is 11.2 Å². The second-order valence-electron chi connectivity index (χ2n) is 5.83. The molecule has 0 saturated heterocycles. The summed E-state index contributed by atoms with van der Waals surface area (Å²) >= 11 is 0. The molecule has 0 atom stereocenters. The van der Waals surface area contributed by atoms with Gasteiger partial charge in [0.25, 0.3) is 0 Å². The minimum absolute atomic E-state index is 0.152. The van der Waals surface area contributed by atoms with Gasteiger partial charge in [0.05, 0.1) is 12.1 Å². The molecule has 0 aliphatic heterocycles. The summed E-state index contributed by atoms with van der Waals surface area (Å²) in [4.78, 5) is 24.8. The molecule has 3 rings (SSSR count). The number of H-pyrrole nitrogens is 1. The molecule has 1 saturated carbocycles. The summed E-state index contributed by atoms with van der Waals surface area (Å²) in [7, 11) is 0. The van der Waals surface area contributed by atoms with Crippen LogP contribution in [0.1, 0.15) is 50.4 Å². The normalized spacial score (nSPS) is 17.8. The van der Waals surface area contributed by atoms with E-state index >= 15 is 0 Å². The van der Waals surface area contributed by atoms with Crippen LogP contribution in [-0.4, -0.2) is 27.5 Å². The number of nitrogens with zero attached hydrogens (tertiary/aromatic N) is 2. The van der Waals surface area contributed by atoms with Crippen LogP contribution in [0, 0.1) is 6.92 Å². The summed E-state index contributed by atoms with van der Waals surface area (Å²) in [5.74, 6) is 0.564. The van der Waals surface area contributed by atoms with Gasteiger partial charge in [-0.1, -0.05) is 19.3 Å². The molecule has 0 spiro atoms. The molecule has 2 aromatic rings. The number of carbonyl (C=O) groups excluding carboxylic acids is 1. The summed E-state index contributed by atoms with van der Waals surface area (Å²) in [6.45, 7) is 4.24. The van der Waals surface area contributed by atoms with Crippen LogP contribution in [0.15, 0.2) is 12.3 Å². The Morgan fingerprint density at radius 3 is 2.86 bits per heavy atom. The zero-order chi connectivity index (χ0) is 14.9. The van der Waals surface area contributed by atoms with Crippen molar-refractivity contribution >= 4 is 17.1 Å². The maximum absolute atomic E-state index is 12.6. The number of rotatable bonds is 3. The highest BCUT2D eigenvalue weighted by atomic mass is 16.5. The molecule has 0 radical (unpaired) electrons. The fourth-order valence-corrected chi connectivity index (χ4v) is 3.19. The Balaban J connectivity index is 2.07. The standard InChI is InChI=1S/C16H21N3O2/c1-3-21-15(20)16(7-5-4-6-8-16)14-18-12-9-11(2)10-17-13(12)19-14/h9-10H,3-8H2,1-2H3,(H,17,18,19). The van der Waals surface area contributed by atoms with Crippen molar-refractivity contribution in [3.05, 3.63) is 23.7 Å². The average molecular weight is 287 g/mol. The molecule has 2 aromatic heterocycles. The number of aryl methyl sites for hydroxylation is 1. The monoisotopic (exact) mass is 287 g/mol. The van der Waals surface area contributed by atoms with Gasteiger partial charge in [0, 0.05) is 6.20 Å².